The summed E-state index contributed by atoms with van der Waals surface area (Å²) < 4.78 is 26.4. The van der Waals surface area contributed by atoms with E-state index in [0.717, 1.165) is 0 Å². The molecule has 0 saturated carbocycles. The Labute approximate surface area is 128 Å². The van der Waals surface area contributed by atoms with Gasteiger partial charge in [-0.25, -0.2) is 8.42 Å². The average Bonchev–Trinajstić information content (AvgIpc) is 2.49. The Morgan fingerprint density at radius 1 is 1.38 bits per heavy atom. The molecule has 0 radical (unpaired) electrons. The summed E-state index contributed by atoms with van der Waals surface area (Å²) in [6.07, 6.45) is 2.80. The van der Waals surface area contributed by atoms with Gasteiger partial charge in [-0.1, -0.05) is 11.6 Å². The second-order valence-electron chi connectivity index (χ2n) is 4.13. The van der Waals surface area contributed by atoms with E-state index < -0.39 is 10.0 Å². The highest BCUT2D eigenvalue weighted by Gasteiger charge is 2.24. The molecule has 0 spiro atoms. The predicted molar refractivity (Wildman–Crippen MR) is 80.6 cm³/mol. The van der Waals surface area contributed by atoms with Gasteiger partial charge in [-0.3, -0.25) is 9.29 Å². The summed E-state index contributed by atoms with van der Waals surface area (Å²) in [6.45, 7) is 1.96. The van der Waals surface area contributed by atoms with Gasteiger partial charge in [0.15, 0.2) is 0 Å². The fourth-order valence-corrected chi connectivity index (χ4v) is 3.52. The van der Waals surface area contributed by atoms with Gasteiger partial charge in [0, 0.05) is 18.9 Å². The van der Waals surface area contributed by atoms with Gasteiger partial charge >= 0.3 is 0 Å². The number of sulfonamides is 1. The van der Waals surface area contributed by atoms with Crippen LogP contribution in [0.2, 0.25) is 5.02 Å². The molecule has 0 aliphatic heterocycles. The lowest BCUT2D eigenvalue weighted by Gasteiger charge is -2.23. The van der Waals surface area contributed by atoms with Gasteiger partial charge in [0.05, 0.1) is 16.3 Å². The first-order valence-corrected chi connectivity index (χ1v) is 7.95. The summed E-state index contributed by atoms with van der Waals surface area (Å²) in [5.41, 5.74) is 0.709. The van der Waals surface area contributed by atoms with Crippen molar-refractivity contribution in [1.82, 2.24) is 4.98 Å². The second kappa shape index (κ2) is 6.12. The first kappa shape index (κ1) is 15.3. The van der Waals surface area contributed by atoms with E-state index in [1.54, 1.807) is 19.1 Å². The highest BCUT2D eigenvalue weighted by atomic mass is 35.5. The molecule has 0 N–H and O–H groups in total. The molecule has 5 nitrogen and oxygen atoms in total. The minimum absolute atomic E-state index is 0.104. The molecule has 1 aromatic carbocycles. The lowest BCUT2D eigenvalue weighted by atomic mass is 10.2. The highest BCUT2D eigenvalue weighted by Crippen LogP contribution is 2.27. The standard InChI is InChI=1S/C14H12ClN3O2S/c1-2-18(12-6-5-11(9-16)14(15)8-12)21(19,20)13-4-3-7-17-10-13/h3-8,10H,2H2,1H3. The number of rotatable bonds is 4. The van der Waals surface area contributed by atoms with Crippen LogP contribution in [0.1, 0.15) is 12.5 Å². The number of nitriles is 1. The largest absolute Gasteiger partial charge is 0.267 e. The molecular formula is C14H12ClN3O2S. The molecule has 1 heterocycles. The van der Waals surface area contributed by atoms with Crippen LogP contribution in [0.25, 0.3) is 0 Å². The smallest absolute Gasteiger partial charge is 0.265 e. The third-order valence-corrected chi connectivity index (χ3v) is 5.07. The third kappa shape index (κ3) is 2.99. The lowest BCUT2D eigenvalue weighted by molar-refractivity contribution is 0.591. The van der Waals surface area contributed by atoms with Crippen molar-refractivity contribution in [2.45, 2.75) is 11.8 Å². The van der Waals surface area contributed by atoms with Crippen LogP contribution >= 0.6 is 11.6 Å². The molecule has 0 atom stereocenters. The maximum atomic E-state index is 12.6. The number of benzene rings is 1. The Bertz CT molecular complexity index is 786. The number of nitrogens with zero attached hydrogens (tertiary/aromatic N) is 3. The Balaban J connectivity index is 2.50. The zero-order chi connectivity index (χ0) is 15.5. The summed E-state index contributed by atoms with van der Waals surface area (Å²) in [6, 6.07) is 9.51. The molecule has 0 fully saturated rings. The van der Waals surface area contributed by atoms with Gasteiger partial charge < -0.3 is 0 Å². The van der Waals surface area contributed by atoms with E-state index in [9.17, 15) is 8.42 Å². The van der Waals surface area contributed by atoms with Crippen molar-refractivity contribution in [2.75, 3.05) is 10.8 Å². The van der Waals surface area contributed by atoms with Crippen LogP contribution in [0.3, 0.4) is 0 Å². The number of halogens is 1. The quantitative estimate of drug-likeness (QED) is 0.867. The summed E-state index contributed by atoms with van der Waals surface area (Å²) in [5.74, 6) is 0. The van der Waals surface area contributed by atoms with Gasteiger partial charge in [-0.2, -0.15) is 5.26 Å². The fourth-order valence-electron chi connectivity index (χ4n) is 1.87. The third-order valence-electron chi connectivity index (χ3n) is 2.87. The molecule has 0 aliphatic rings. The van der Waals surface area contributed by atoms with Crippen LogP contribution in [0.4, 0.5) is 5.69 Å². The summed E-state index contributed by atoms with van der Waals surface area (Å²) >= 11 is 5.97. The maximum Gasteiger partial charge on any atom is 0.265 e. The normalized spacial score (nSPS) is 10.9. The molecule has 0 bridgehead atoms. The molecule has 21 heavy (non-hydrogen) atoms. The van der Waals surface area contributed by atoms with Crippen LogP contribution in [0.5, 0.6) is 0 Å². The van der Waals surface area contributed by atoms with Gasteiger partial charge in [0.25, 0.3) is 10.0 Å². The molecule has 0 unspecified atom stereocenters. The number of hydrogen-bond acceptors (Lipinski definition) is 4. The van der Waals surface area contributed by atoms with E-state index in [1.807, 2.05) is 6.07 Å². The lowest BCUT2D eigenvalue weighted by Crippen LogP contribution is -2.30. The van der Waals surface area contributed by atoms with Crippen LogP contribution in [0, 0.1) is 11.3 Å². The average molecular weight is 322 g/mol. The Kier molecular flexibility index (Phi) is 4.46. The molecule has 108 valence electrons. The Morgan fingerprint density at radius 3 is 2.67 bits per heavy atom. The van der Waals surface area contributed by atoms with Gasteiger partial charge in [0.2, 0.25) is 0 Å². The fraction of sp³-hybridized carbons (Fsp3) is 0.143. The van der Waals surface area contributed by atoms with E-state index >= 15 is 0 Å². The van der Waals surface area contributed by atoms with Crippen LogP contribution < -0.4 is 4.31 Å². The summed E-state index contributed by atoms with van der Waals surface area (Å²) in [4.78, 5) is 3.94. The number of hydrogen-bond donors (Lipinski definition) is 0. The topological polar surface area (TPSA) is 74.1 Å². The molecule has 2 aromatic rings. The molecule has 0 saturated heterocycles. The minimum Gasteiger partial charge on any atom is -0.267 e. The number of anilines is 1. The summed E-state index contributed by atoms with van der Waals surface area (Å²) in [7, 11) is -3.71. The van der Waals surface area contributed by atoms with E-state index in [0.29, 0.717) is 11.3 Å². The van der Waals surface area contributed by atoms with E-state index in [1.165, 1.54) is 34.9 Å². The SMILES string of the molecule is CCN(c1ccc(C#N)c(Cl)c1)S(=O)(=O)c1cccnc1. The van der Waals surface area contributed by atoms with Gasteiger partial charge in [-0.05, 0) is 37.3 Å². The van der Waals surface area contributed by atoms with Crippen molar-refractivity contribution < 1.29 is 8.42 Å². The first-order chi connectivity index (χ1) is 10.0. The van der Waals surface area contributed by atoms with Crippen molar-refractivity contribution in [3.05, 3.63) is 53.3 Å². The van der Waals surface area contributed by atoms with E-state index in [-0.39, 0.29) is 16.5 Å². The van der Waals surface area contributed by atoms with Crippen molar-refractivity contribution in [1.29, 1.82) is 5.26 Å². The Hall–Kier alpha value is -2.10. The van der Waals surface area contributed by atoms with Crippen LogP contribution in [-0.2, 0) is 10.0 Å². The molecular weight excluding hydrogens is 310 g/mol. The number of aromatic nitrogens is 1. The maximum absolute atomic E-state index is 12.6. The second-order valence-corrected chi connectivity index (χ2v) is 6.40. The molecule has 0 aliphatic carbocycles. The van der Waals surface area contributed by atoms with Crippen LogP contribution in [-0.4, -0.2) is 19.9 Å². The van der Waals surface area contributed by atoms with Gasteiger partial charge in [-0.15, -0.1) is 0 Å². The van der Waals surface area contributed by atoms with Crippen molar-refractivity contribution >= 4 is 27.3 Å². The number of pyridine rings is 1. The predicted octanol–water partition coefficient (Wildman–Crippen LogP) is 2.82. The van der Waals surface area contributed by atoms with Crippen LogP contribution in [0.15, 0.2) is 47.6 Å². The van der Waals surface area contributed by atoms with E-state index in [2.05, 4.69) is 4.98 Å². The molecule has 7 heteroatoms. The van der Waals surface area contributed by atoms with Gasteiger partial charge in [0.1, 0.15) is 11.0 Å². The Morgan fingerprint density at radius 2 is 2.14 bits per heavy atom. The molecule has 1 aromatic heterocycles. The summed E-state index contributed by atoms with van der Waals surface area (Å²) in [5, 5.41) is 9.09. The van der Waals surface area contributed by atoms with Crippen molar-refractivity contribution in [3.8, 4) is 6.07 Å². The zero-order valence-electron chi connectivity index (χ0n) is 11.2. The minimum atomic E-state index is -3.71. The van der Waals surface area contributed by atoms with Crippen molar-refractivity contribution in [3.63, 3.8) is 0 Å². The van der Waals surface area contributed by atoms with E-state index in [4.69, 9.17) is 16.9 Å². The first-order valence-electron chi connectivity index (χ1n) is 6.13. The van der Waals surface area contributed by atoms with Crippen molar-refractivity contribution in [2.24, 2.45) is 0 Å². The monoisotopic (exact) mass is 321 g/mol. The molecule has 2 rings (SSSR count). The zero-order valence-corrected chi connectivity index (χ0v) is 12.8. The highest BCUT2D eigenvalue weighted by molar-refractivity contribution is 7.92. The molecule has 0 amide bonds.